The van der Waals surface area contributed by atoms with Gasteiger partial charge in [0.15, 0.2) is 5.79 Å². The van der Waals surface area contributed by atoms with E-state index in [9.17, 15) is 0 Å². The molecule has 94 valence electrons. The van der Waals surface area contributed by atoms with Crippen molar-refractivity contribution in [2.75, 3.05) is 13.2 Å². The van der Waals surface area contributed by atoms with E-state index in [1.165, 1.54) is 17.6 Å². The van der Waals surface area contributed by atoms with Crippen LogP contribution in [0.1, 0.15) is 19.4 Å². The summed E-state index contributed by atoms with van der Waals surface area (Å²) in [6.45, 7) is 7.05. The second-order valence-corrected chi connectivity index (χ2v) is 5.51. The summed E-state index contributed by atoms with van der Waals surface area (Å²) in [5, 5.41) is 0. The number of aryl methyl sites for hydroxylation is 1. The zero-order chi connectivity index (χ0) is 12.3. The van der Waals surface area contributed by atoms with E-state index in [-0.39, 0.29) is 6.10 Å². The van der Waals surface area contributed by atoms with Crippen molar-refractivity contribution in [2.45, 2.75) is 37.6 Å². The van der Waals surface area contributed by atoms with E-state index in [4.69, 9.17) is 13.7 Å². The predicted octanol–water partition coefficient (Wildman–Crippen LogP) is 3.17. The first-order chi connectivity index (χ1) is 8.05. The standard InChI is InChI=1S/C13H18O3S/c1-10-4-6-12(7-5-10)17-15-9-11-8-14-13(2,3)16-11/h4-7,11H,8-9H2,1-3H3. The van der Waals surface area contributed by atoms with Crippen LogP contribution in [0.25, 0.3) is 0 Å². The summed E-state index contributed by atoms with van der Waals surface area (Å²) >= 11 is 1.38. The van der Waals surface area contributed by atoms with Gasteiger partial charge >= 0.3 is 0 Å². The van der Waals surface area contributed by atoms with Crippen molar-refractivity contribution in [3.05, 3.63) is 29.8 Å². The molecule has 0 amide bonds. The summed E-state index contributed by atoms with van der Waals surface area (Å²) in [7, 11) is 0. The molecule has 17 heavy (non-hydrogen) atoms. The number of ether oxygens (including phenoxy) is 2. The molecule has 0 saturated carbocycles. The smallest absolute Gasteiger partial charge is 0.163 e. The van der Waals surface area contributed by atoms with Crippen LogP contribution in [0.15, 0.2) is 29.2 Å². The van der Waals surface area contributed by atoms with Crippen LogP contribution < -0.4 is 0 Å². The van der Waals surface area contributed by atoms with Crippen molar-refractivity contribution in [1.82, 2.24) is 0 Å². The molecule has 0 aliphatic carbocycles. The second-order valence-electron chi connectivity index (χ2n) is 4.63. The average molecular weight is 254 g/mol. The summed E-state index contributed by atoms with van der Waals surface area (Å²) < 4.78 is 16.7. The van der Waals surface area contributed by atoms with Gasteiger partial charge in [0.25, 0.3) is 0 Å². The van der Waals surface area contributed by atoms with Gasteiger partial charge in [-0.1, -0.05) is 17.7 Å². The van der Waals surface area contributed by atoms with Gasteiger partial charge < -0.3 is 13.7 Å². The van der Waals surface area contributed by atoms with Gasteiger partial charge in [-0.25, -0.2) is 0 Å². The zero-order valence-electron chi connectivity index (χ0n) is 10.4. The number of hydrogen-bond donors (Lipinski definition) is 0. The summed E-state index contributed by atoms with van der Waals surface area (Å²) in [6, 6.07) is 8.25. The van der Waals surface area contributed by atoms with Crippen molar-refractivity contribution in [3.8, 4) is 0 Å². The van der Waals surface area contributed by atoms with Gasteiger partial charge in [-0.15, -0.1) is 0 Å². The molecule has 1 aliphatic heterocycles. The monoisotopic (exact) mass is 254 g/mol. The first-order valence-corrected chi connectivity index (χ1v) is 6.47. The first-order valence-electron chi connectivity index (χ1n) is 5.73. The molecule has 1 aromatic rings. The Balaban J connectivity index is 1.71. The van der Waals surface area contributed by atoms with Gasteiger partial charge in [-0.05, 0) is 32.9 Å². The molecule has 0 radical (unpaired) electrons. The van der Waals surface area contributed by atoms with Crippen molar-refractivity contribution >= 4 is 12.0 Å². The van der Waals surface area contributed by atoms with Gasteiger partial charge in [0.1, 0.15) is 6.10 Å². The lowest BCUT2D eigenvalue weighted by Crippen LogP contribution is -2.23. The molecule has 1 saturated heterocycles. The third kappa shape index (κ3) is 4.00. The lowest BCUT2D eigenvalue weighted by molar-refractivity contribution is -0.141. The zero-order valence-corrected chi connectivity index (χ0v) is 11.3. The number of hydrogen-bond acceptors (Lipinski definition) is 4. The molecule has 0 spiro atoms. The third-order valence-corrected chi connectivity index (χ3v) is 3.22. The minimum atomic E-state index is -0.470. The van der Waals surface area contributed by atoms with Gasteiger partial charge in [-0.2, -0.15) is 0 Å². The highest BCUT2D eigenvalue weighted by Gasteiger charge is 2.32. The Bertz CT molecular complexity index is 361. The van der Waals surface area contributed by atoms with Gasteiger partial charge in [-0.3, -0.25) is 0 Å². The van der Waals surface area contributed by atoms with Crippen LogP contribution in [0.3, 0.4) is 0 Å². The lowest BCUT2D eigenvalue weighted by atomic mass is 10.2. The minimum absolute atomic E-state index is 0.0305. The van der Waals surface area contributed by atoms with E-state index >= 15 is 0 Å². The Morgan fingerprint density at radius 3 is 2.65 bits per heavy atom. The Labute approximate surface area is 107 Å². The van der Waals surface area contributed by atoms with Crippen LogP contribution in [0.4, 0.5) is 0 Å². The summed E-state index contributed by atoms with van der Waals surface area (Å²) in [6.07, 6.45) is 0.0305. The molecule has 1 fully saturated rings. The van der Waals surface area contributed by atoms with Gasteiger partial charge in [0.2, 0.25) is 0 Å². The Kier molecular flexibility index (Phi) is 4.09. The van der Waals surface area contributed by atoms with Crippen molar-refractivity contribution in [2.24, 2.45) is 0 Å². The van der Waals surface area contributed by atoms with Crippen LogP contribution in [0.2, 0.25) is 0 Å². The van der Waals surface area contributed by atoms with E-state index < -0.39 is 5.79 Å². The van der Waals surface area contributed by atoms with Crippen LogP contribution in [-0.2, 0) is 13.7 Å². The maximum absolute atomic E-state index is 5.65. The van der Waals surface area contributed by atoms with E-state index in [2.05, 4.69) is 31.2 Å². The van der Waals surface area contributed by atoms with Crippen molar-refractivity contribution in [1.29, 1.82) is 0 Å². The Morgan fingerprint density at radius 1 is 1.35 bits per heavy atom. The SMILES string of the molecule is Cc1ccc(SOCC2COC(C)(C)O2)cc1. The van der Waals surface area contributed by atoms with Crippen molar-refractivity contribution < 1.29 is 13.7 Å². The maximum Gasteiger partial charge on any atom is 0.163 e. The largest absolute Gasteiger partial charge is 0.348 e. The van der Waals surface area contributed by atoms with Crippen LogP contribution in [0, 0.1) is 6.92 Å². The van der Waals surface area contributed by atoms with Gasteiger partial charge in [0, 0.05) is 16.9 Å². The van der Waals surface area contributed by atoms with E-state index in [1.54, 1.807) is 0 Å². The number of rotatable bonds is 4. The Morgan fingerprint density at radius 2 is 2.06 bits per heavy atom. The molecule has 1 atom stereocenters. The average Bonchev–Trinajstić information content (AvgIpc) is 2.61. The molecule has 3 nitrogen and oxygen atoms in total. The molecule has 0 bridgehead atoms. The highest BCUT2D eigenvalue weighted by molar-refractivity contribution is 7.94. The second kappa shape index (κ2) is 5.40. The fourth-order valence-electron chi connectivity index (χ4n) is 1.62. The Hall–Kier alpha value is -0.550. The highest BCUT2D eigenvalue weighted by atomic mass is 32.2. The lowest BCUT2D eigenvalue weighted by Gasteiger charge is -2.16. The summed E-state index contributed by atoms with van der Waals surface area (Å²) in [4.78, 5) is 1.11. The number of benzene rings is 1. The molecule has 1 aliphatic rings. The molecule has 1 unspecified atom stereocenters. The van der Waals surface area contributed by atoms with Gasteiger partial charge in [0.05, 0.1) is 13.2 Å². The van der Waals surface area contributed by atoms with E-state index in [0.717, 1.165) is 4.90 Å². The first kappa shape index (κ1) is 12.9. The molecule has 1 heterocycles. The summed E-state index contributed by atoms with van der Waals surface area (Å²) in [5.74, 6) is -0.470. The maximum atomic E-state index is 5.65. The quantitative estimate of drug-likeness (QED) is 0.771. The van der Waals surface area contributed by atoms with Crippen LogP contribution in [0.5, 0.6) is 0 Å². The molecule has 0 N–H and O–H groups in total. The fourth-order valence-corrected chi connectivity index (χ4v) is 2.22. The minimum Gasteiger partial charge on any atom is -0.348 e. The molecular formula is C13H18O3S. The molecule has 2 rings (SSSR count). The molecular weight excluding hydrogens is 236 g/mol. The highest BCUT2D eigenvalue weighted by Crippen LogP contribution is 2.25. The van der Waals surface area contributed by atoms with E-state index in [1.807, 2.05) is 13.8 Å². The van der Waals surface area contributed by atoms with E-state index in [0.29, 0.717) is 13.2 Å². The molecule has 0 aromatic heterocycles. The third-order valence-electron chi connectivity index (χ3n) is 2.50. The predicted molar refractivity (Wildman–Crippen MR) is 67.9 cm³/mol. The van der Waals surface area contributed by atoms with Crippen LogP contribution in [-0.4, -0.2) is 25.1 Å². The normalized spacial score (nSPS) is 22.9. The topological polar surface area (TPSA) is 27.7 Å². The van der Waals surface area contributed by atoms with Crippen molar-refractivity contribution in [3.63, 3.8) is 0 Å². The van der Waals surface area contributed by atoms with Crippen LogP contribution >= 0.6 is 12.0 Å². The summed E-state index contributed by atoms with van der Waals surface area (Å²) in [5.41, 5.74) is 1.25. The molecule has 4 heteroatoms. The molecule has 1 aromatic carbocycles. The fraction of sp³-hybridized carbons (Fsp3) is 0.538.